The lowest BCUT2D eigenvalue weighted by Gasteiger charge is -1.99. The van der Waals surface area contributed by atoms with E-state index in [2.05, 4.69) is 0 Å². The number of benzene rings is 1. The summed E-state index contributed by atoms with van der Waals surface area (Å²) in [6, 6.07) is 6.07. The first-order chi connectivity index (χ1) is 5.95. The van der Waals surface area contributed by atoms with E-state index in [1.165, 1.54) is 12.1 Å². The summed E-state index contributed by atoms with van der Waals surface area (Å²) < 4.78 is 21.7. The summed E-state index contributed by atoms with van der Waals surface area (Å²) in [5, 5.41) is 8.62. The van der Waals surface area contributed by atoms with Crippen LogP contribution in [0.2, 0.25) is 0 Å². The van der Waals surface area contributed by atoms with Gasteiger partial charge in [0.2, 0.25) is 0 Å². The highest BCUT2D eigenvalue weighted by atomic mass is 35.7. The van der Waals surface area contributed by atoms with Gasteiger partial charge in [0.05, 0.1) is 16.5 Å². The van der Waals surface area contributed by atoms with E-state index < -0.39 is 9.05 Å². The van der Waals surface area contributed by atoms with Crippen molar-refractivity contribution in [1.29, 1.82) is 5.26 Å². The van der Waals surface area contributed by atoms with E-state index in [9.17, 15) is 8.42 Å². The Labute approximate surface area is 81.0 Å². The molecule has 1 rings (SSSR count). The van der Waals surface area contributed by atoms with E-state index in [1.807, 2.05) is 6.07 Å². The number of hydrogen-bond acceptors (Lipinski definition) is 3. The predicted octanol–water partition coefficient (Wildman–Crippen LogP) is 1.79. The van der Waals surface area contributed by atoms with Crippen LogP contribution in [-0.2, 0) is 9.05 Å². The molecule has 0 aliphatic rings. The lowest BCUT2D eigenvalue weighted by atomic mass is 10.1. The largest absolute Gasteiger partial charge is 0.261 e. The first-order valence-electron chi connectivity index (χ1n) is 3.40. The lowest BCUT2D eigenvalue weighted by Crippen LogP contribution is -1.92. The van der Waals surface area contributed by atoms with Crippen LogP contribution in [-0.4, -0.2) is 8.42 Å². The second kappa shape index (κ2) is 3.36. The van der Waals surface area contributed by atoms with E-state index in [0.29, 0.717) is 5.56 Å². The number of aryl methyl sites for hydroxylation is 1. The molecule has 0 heterocycles. The molecule has 5 heteroatoms. The molecule has 13 heavy (non-hydrogen) atoms. The molecular weight excluding hydrogens is 210 g/mol. The Kier molecular flexibility index (Phi) is 2.60. The van der Waals surface area contributed by atoms with Crippen LogP contribution in [0.4, 0.5) is 0 Å². The van der Waals surface area contributed by atoms with E-state index in [0.717, 1.165) is 5.56 Å². The molecule has 0 fully saturated rings. The summed E-state index contributed by atoms with van der Waals surface area (Å²) in [6.45, 7) is 1.73. The standard InChI is InChI=1S/C8H6ClNO2S/c1-6-2-3-8(13(9,11)12)4-7(6)5-10/h2-4H,1H3. The van der Waals surface area contributed by atoms with Crippen molar-refractivity contribution >= 4 is 19.7 Å². The van der Waals surface area contributed by atoms with E-state index in [1.54, 1.807) is 13.0 Å². The Hall–Kier alpha value is -1.05. The van der Waals surface area contributed by atoms with Crippen molar-refractivity contribution in [3.8, 4) is 6.07 Å². The fraction of sp³-hybridized carbons (Fsp3) is 0.125. The molecule has 0 saturated heterocycles. The summed E-state index contributed by atoms with van der Waals surface area (Å²) in [4.78, 5) is -0.0451. The zero-order valence-corrected chi connectivity index (χ0v) is 8.35. The minimum Gasteiger partial charge on any atom is -0.207 e. The number of rotatable bonds is 1. The monoisotopic (exact) mass is 215 g/mol. The fourth-order valence-corrected chi connectivity index (χ4v) is 1.65. The first-order valence-corrected chi connectivity index (χ1v) is 5.71. The zero-order valence-electron chi connectivity index (χ0n) is 6.78. The van der Waals surface area contributed by atoms with Gasteiger partial charge in [-0.05, 0) is 24.6 Å². The van der Waals surface area contributed by atoms with Crippen LogP contribution in [0.3, 0.4) is 0 Å². The Balaban J connectivity index is 3.41. The average molecular weight is 216 g/mol. The molecule has 0 saturated carbocycles. The van der Waals surface area contributed by atoms with Gasteiger partial charge in [0.1, 0.15) is 0 Å². The SMILES string of the molecule is Cc1ccc(S(=O)(=O)Cl)cc1C#N. The molecule has 0 bridgehead atoms. The highest BCUT2D eigenvalue weighted by Crippen LogP contribution is 2.18. The van der Waals surface area contributed by atoms with Gasteiger partial charge in [-0.3, -0.25) is 0 Å². The van der Waals surface area contributed by atoms with Gasteiger partial charge in [0, 0.05) is 10.7 Å². The average Bonchev–Trinajstić information content (AvgIpc) is 2.03. The highest BCUT2D eigenvalue weighted by Gasteiger charge is 2.11. The van der Waals surface area contributed by atoms with E-state index in [-0.39, 0.29) is 4.90 Å². The minimum absolute atomic E-state index is 0.0451. The summed E-state index contributed by atoms with van der Waals surface area (Å²) in [5.74, 6) is 0. The molecule has 0 aliphatic carbocycles. The minimum atomic E-state index is -3.73. The molecule has 0 radical (unpaired) electrons. The molecule has 0 spiro atoms. The van der Waals surface area contributed by atoms with Crippen molar-refractivity contribution in [2.45, 2.75) is 11.8 Å². The topological polar surface area (TPSA) is 57.9 Å². The van der Waals surface area contributed by atoms with E-state index in [4.69, 9.17) is 15.9 Å². The van der Waals surface area contributed by atoms with Crippen LogP contribution in [0.1, 0.15) is 11.1 Å². The number of nitrogens with zero attached hydrogens (tertiary/aromatic N) is 1. The normalized spacial score (nSPS) is 10.8. The summed E-state index contributed by atoms with van der Waals surface area (Å²) in [5.41, 5.74) is 1.05. The maximum atomic E-state index is 10.9. The number of hydrogen-bond donors (Lipinski definition) is 0. The second-order valence-electron chi connectivity index (χ2n) is 2.53. The summed E-state index contributed by atoms with van der Waals surface area (Å²) >= 11 is 0. The van der Waals surface area contributed by atoms with Crippen molar-refractivity contribution < 1.29 is 8.42 Å². The van der Waals surface area contributed by atoms with Gasteiger partial charge in [-0.15, -0.1) is 0 Å². The number of nitriles is 1. The molecule has 0 N–H and O–H groups in total. The molecule has 0 aliphatic heterocycles. The van der Waals surface area contributed by atoms with Crippen LogP contribution in [0.25, 0.3) is 0 Å². The van der Waals surface area contributed by atoms with Crippen molar-refractivity contribution in [1.82, 2.24) is 0 Å². The third-order valence-corrected chi connectivity index (χ3v) is 2.96. The van der Waals surface area contributed by atoms with Crippen LogP contribution in [0.5, 0.6) is 0 Å². The summed E-state index contributed by atoms with van der Waals surface area (Å²) in [6.07, 6.45) is 0. The molecule has 1 aromatic carbocycles. The Morgan fingerprint density at radius 2 is 2.08 bits per heavy atom. The smallest absolute Gasteiger partial charge is 0.207 e. The quantitative estimate of drug-likeness (QED) is 0.672. The van der Waals surface area contributed by atoms with E-state index >= 15 is 0 Å². The fourth-order valence-electron chi connectivity index (χ4n) is 0.873. The second-order valence-corrected chi connectivity index (χ2v) is 5.09. The van der Waals surface area contributed by atoms with Crippen molar-refractivity contribution in [2.75, 3.05) is 0 Å². The van der Waals surface area contributed by atoms with Gasteiger partial charge < -0.3 is 0 Å². The van der Waals surface area contributed by atoms with Gasteiger partial charge in [0.15, 0.2) is 0 Å². The molecule has 0 atom stereocenters. The maximum absolute atomic E-state index is 10.9. The Morgan fingerprint density at radius 1 is 1.46 bits per heavy atom. The predicted molar refractivity (Wildman–Crippen MR) is 48.9 cm³/mol. The molecule has 3 nitrogen and oxygen atoms in total. The number of halogens is 1. The van der Waals surface area contributed by atoms with Crippen molar-refractivity contribution in [3.05, 3.63) is 29.3 Å². The van der Waals surface area contributed by atoms with Gasteiger partial charge in [-0.1, -0.05) is 6.07 Å². The van der Waals surface area contributed by atoms with Crippen LogP contribution >= 0.6 is 10.7 Å². The molecule has 0 aromatic heterocycles. The van der Waals surface area contributed by atoms with Gasteiger partial charge in [-0.2, -0.15) is 5.26 Å². The molecule has 68 valence electrons. The zero-order chi connectivity index (χ0) is 10.1. The third-order valence-electron chi connectivity index (χ3n) is 1.61. The highest BCUT2D eigenvalue weighted by molar-refractivity contribution is 8.13. The Morgan fingerprint density at radius 3 is 2.54 bits per heavy atom. The van der Waals surface area contributed by atoms with Crippen molar-refractivity contribution in [3.63, 3.8) is 0 Å². The van der Waals surface area contributed by atoms with Crippen LogP contribution in [0, 0.1) is 18.3 Å². The third kappa shape index (κ3) is 2.20. The molecule has 1 aromatic rings. The maximum Gasteiger partial charge on any atom is 0.261 e. The van der Waals surface area contributed by atoms with Crippen LogP contribution < -0.4 is 0 Å². The molecule has 0 unspecified atom stereocenters. The van der Waals surface area contributed by atoms with Crippen molar-refractivity contribution in [2.24, 2.45) is 0 Å². The van der Waals surface area contributed by atoms with Gasteiger partial charge >= 0.3 is 0 Å². The summed E-state index contributed by atoms with van der Waals surface area (Å²) in [7, 11) is 1.37. The lowest BCUT2D eigenvalue weighted by molar-refractivity contribution is 0.609. The van der Waals surface area contributed by atoms with Gasteiger partial charge in [0.25, 0.3) is 9.05 Å². The first kappa shape index (κ1) is 10.0. The van der Waals surface area contributed by atoms with Crippen LogP contribution in [0.15, 0.2) is 23.1 Å². The Bertz CT molecular complexity index is 473. The molecule has 0 amide bonds. The molecular formula is C8H6ClNO2S. The van der Waals surface area contributed by atoms with Gasteiger partial charge in [-0.25, -0.2) is 8.42 Å².